The van der Waals surface area contributed by atoms with Crippen molar-refractivity contribution in [3.63, 3.8) is 0 Å². The monoisotopic (exact) mass is 338 g/mol. The van der Waals surface area contributed by atoms with Crippen LogP contribution < -0.4 is 10.2 Å². The third kappa shape index (κ3) is 3.56. The predicted molar refractivity (Wildman–Crippen MR) is 91.5 cm³/mol. The summed E-state index contributed by atoms with van der Waals surface area (Å²) in [7, 11) is 0. The second-order valence-electron chi connectivity index (χ2n) is 5.71. The van der Waals surface area contributed by atoms with Crippen LogP contribution in [0.5, 0.6) is 0 Å². The summed E-state index contributed by atoms with van der Waals surface area (Å²) in [6.45, 7) is 8.73. The summed E-state index contributed by atoms with van der Waals surface area (Å²) >= 11 is 3.79. The van der Waals surface area contributed by atoms with Gasteiger partial charge in [-0.25, -0.2) is 0 Å². The van der Waals surface area contributed by atoms with Crippen molar-refractivity contribution in [2.24, 2.45) is 0 Å². The van der Waals surface area contributed by atoms with E-state index in [-0.39, 0.29) is 0 Å². The largest absolute Gasteiger partial charge is 0.368 e. The highest BCUT2D eigenvalue weighted by Gasteiger charge is 2.23. The van der Waals surface area contributed by atoms with Gasteiger partial charge in [0.25, 0.3) is 0 Å². The molecule has 20 heavy (non-hydrogen) atoms. The van der Waals surface area contributed by atoms with Gasteiger partial charge in [-0.15, -0.1) is 0 Å². The number of hydrogen-bond donors (Lipinski definition) is 1. The Labute approximate surface area is 132 Å². The molecule has 1 fully saturated rings. The minimum Gasteiger partial charge on any atom is -0.368 e. The second-order valence-corrected chi connectivity index (χ2v) is 6.57. The third-order valence-electron chi connectivity index (χ3n) is 4.40. The Morgan fingerprint density at radius 2 is 2.00 bits per heavy atom. The molecule has 1 atom stereocenters. The molecule has 0 radical (unpaired) electrons. The highest BCUT2D eigenvalue weighted by molar-refractivity contribution is 9.10. The van der Waals surface area contributed by atoms with Gasteiger partial charge in [0.15, 0.2) is 0 Å². The van der Waals surface area contributed by atoms with E-state index in [0.717, 1.165) is 19.1 Å². The molecular weight excluding hydrogens is 312 g/mol. The second kappa shape index (κ2) is 7.46. The molecule has 0 saturated heterocycles. The molecule has 1 aromatic carbocycles. The molecule has 1 saturated carbocycles. The fourth-order valence-corrected chi connectivity index (χ4v) is 3.91. The Morgan fingerprint density at radius 3 is 2.55 bits per heavy atom. The minimum atomic E-state index is 0.409. The normalized spacial score (nSPS) is 17.4. The van der Waals surface area contributed by atoms with E-state index in [0.29, 0.717) is 6.04 Å². The Balaban J connectivity index is 2.19. The van der Waals surface area contributed by atoms with Crippen LogP contribution in [0.4, 0.5) is 5.69 Å². The molecule has 0 bridgehead atoms. The lowest BCUT2D eigenvalue weighted by Crippen LogP contribution is -2.33. The van der Waals surface area contributed by atoms with E-state index in [1.807, 2.05) is 0 Å². The lowest BCUT2D eigenvalue weighted by Gasteiger charge is -2.31. The topological polar surface area (TPSA) is 15.3 Å². The van der Waals surface area contributed by atoms with Crippen molar-refractivity contribution in [3.05, 3.63) is 28.2 Å². The summed E-state index contributed by atoms with van der Waals surface area (Å²) in [5.74, 6) is 0. The van der Waals surface area contributed by atoms with Crippen LogP contribution in [-0.2, 0) is 0 Å². The Morgan fingerprint density at radius 1 is 1.30 bits per heavy atom. The number of nitrogens with zero attached hydrogens (tertiary/aromatic N) is 1. The maximum Gasteiger partial charge on any atom is 0.0513 e. The lowest BCUT2D eigenvalue weighted by atomic mass is 10.1. The first-order valence-electron chi connectivity index (χ1n) is 7.96. The highest BCUT2D eigenvalue weighted by Crippen LogP contribution is 2.34. The van der Waals surface area contributed by atoms with Crippen molar-refractivity contribution in [3.8, 4) is 0 Å². The molecule has 1 aliphatic rings. The molecule has 1 aliphatic carbocycles. The Kier molecular flexibility index (Phi) is 5.91. The first kappa shape index (κ1) is 15.8. The van der Waals surface area contributed by atoms with Crippen LogP contribution in [0, 0.1) is 0 Å². The van der Waals surface area contributed by atoms with Gasteiger partial charge in [-0.3, -0.25) is 0 Å². The van der Waals surface area contributed by atoms with Crippen LogP contribution in [0.3, 0.4) is 0 Å². The molecule has 1 aromatic rings. The van der Waals surface area contributed by atoms with Crippen molar-refractivity contribution in [2.75, 3.05) is 18.0 Å². The van der Waals surface area contributed by atoms with E-state index in [1.165, 1.54) is 41.4 Å². The van der Waals surface area contributed by atoms with Gasteiger partial charge in [-0.05, 0) is 66.9 Å². The molecule has 1 unspecified atom stereocenters. The molecule has 0 aliphatic heterocycles. The third-order valence-corrected chi connectivity index (χ3v) is 5.03. The van der Waals surface area contributed by atoms with Crippen molar-refractivity contribution >= 4 is 21.6 Å². The van der Waals surface area contributed by atoms with Gasteiger partial charge in [0.2, 0.25) is 0 Å². The molecule has 3 heteroatoms. The summed E-state index contributed by atoms with van der Waals surface area (Å²) in [6, 6.07) is 7.97. The molecule has 0 aromatic heterocycles. The molecule has 0 amide bonds. The highest BCUT2D eigenvalue weighted by atomic mass is 79.9. The van der Waals surface area contributed by atoms with Crippen LogP contribution in [-0.4, -0.2) is 19.1 Å². The molecule has 1 N–H and O–H groups in total. The summed E-state index contributed by atoms with van der Waals surface area (Å²) in [6.07, 6.45) is 5.45. The van der Waals surface area contributed by atoms with E-state index in [2.05, 4.69) is 65.1 Å². The first-order chi connectivity index (χ1) is 9.67. The molecule has 2 nitrogen and oxygen atoms in total. The average molecular weight is 339 g/mol. The zero-order valence-corrected chi connectivity index (χ0v) is 14.5. The fourth-order valence-electron chi connectivity index (χ4n) is 3.29. The number of halogens is 1. The summed E-state index contributed by atoms with van der Waals surface area (Å²) < 4.78 is 1.23. The van der Waals surface area contributed by atoms with Gasteiger partial charge < -0.3 is 10.2 Å². The molecular formula is C17H27BrN2. The molecule has 2 rings (SSSR count). The van der Waals surface area contributed by atoms with Crippen molar-refractivity contribution in [2.45, 2.75) is 58.5 Å². The van der Waals surface area contributed by atoms with Crippen molar-refractivity contribution in [1.29, 1.82) is 0 Å². The average Bonchev–Trinajstić information content (AvgIpc) is 2.95. The molecule has 112 valence electrons. The number of benzene rings is 1. The Bertz CT molecular complexity index is 427. The van der Waals surface area contributed by atoms with Gasteiger partial charge in [0, 0.05) is 23.1 Å². The van der Waals surface area contributed by atoms with Gasteiger partial charge in [0.1, 0.15) is 0 Å². The quantitative estimate of drug-likeness (QED) is 0.794. The maximum absolute atomic E-state index is 3.79. The van der Waals surface area contributed by atoms with Crippen LogP contribution in [0.2, 0.25) is 0 Å². The number of rotatable bonds is 6. The van der Waals surface area contributed by atoms with Crippen molar-refractivity contribution in [1.82, 2.24) is 5.32 Å². The Hall–Kier alpha value is -0.540. The number of anilines is 1. The van der Waals surface area contributed by atoms with E-state index in [9.17, 15) is 0 Å². The number of hydrogen-bond acceptors (Lipinski definition) is 2. The SMILES string of the molecule is CCNC(C)c1ccc(N(CC)C2CCCC2)c(Br)c1. The molecule has 0 heterocycles. The first-order valence-corrected chi connectivity index (χ1v) is 8.76. The predicted octanol–water partition coefficient (Wildman–Crippen LogP) is 4.89. The number of nitrogens with one attached hydrogen (secondary N) is 1. The van der Waals surface area contributed by atoms with Crippen LogP contribution in [0.1, 0.15) is 58.1 Å². The van der Waals surface area contributed by atoms with Crippen LogP contribution >= 0.6 is 15.9 Å². The van der Waals surface area contributed by atoms with Gasteiger partial charge in [-0.1, -0.05) is 25.8 Å². The van der Waals surface area contributed by atoms with Crippen molar-refractivity contribution < 1.29 is 0 Å². The smallest absolute Gasteiger partial charge is 0.0513 e. The van der Waals surface area contributed by atoms with E-state index < -0.39 is 0 Å². The maximum atomic E-state index is 3.79. The summed E-state index contributed by atoms with van der Waals surface area (Å²) in [4.78, 5) is 2.57. The standard InChI is InChI=1S/C17H27BrN2/c1-4-19-13(3)14-10-11-17(16(18)12-14)20(5-2)15-8-6-7-9-15/h10-13,15,19H,4-9H2,1-3H3. The summed E-state index contributed by atoms with van der Waals surface area (Å²) in [5.41, 5.74) is 2.71. The zero-order valence-electron chi connectivity index (χ0n) is 13.0. The minimum absolute atomic E-state index is 0.409. The van der Waals surface area contributed by atoms with Crippen LogP contribution in [0.15, 0.2) is 22.7 Å². The zero-order chi connectivity index (χ0) is 14.5. The van der Waals surface area contributed by atoms with E-state index >= 15 is 0 Å². The van der Waals surface area contributed by atoms with Gasteiger partial charge >= 0.3 is 0 Å². The van der Waals surface area contributed by atoms with Gasteiger partial charge in [-0.2, -0.15) is 0 Å². The molecule has 0 spiro atoms. The van der Waals surface area contributed by atoms with Gasteiger partial charge in [0.05, 0.1) is 5.69 Å². The van der Waals surface area contributed by atoms with E-state index in [4.69, 9.17) is 0 Å². The van der Waals surface area contributed by atoms with Crippen LogP contribution in [0.25, 0.3) is 0 Å². The fraction of sp³-hybridized carbons (Fsp3) is 0.647. The lowest BCUT2D eigenvalue weighted by molar-refractivity contribution is 0.596. The van der Waals surface area contributed by atoms with E-state index in [1.54, 1.807) is 0 Å². The summed E-state index contributed by atoms with van der Waals surface area (Å²) in [5, 5.41) is 3.47.